The first-order chi connectivity index (χ1) is 13.5. The van der Waals surface area contributed by atoms with Gasteiger partial charge in [-0.05, 0) is 55.5 Å². The fourth-order valence-corrected chi connectivity index (χ4v) is 3.29. The third-order valence-electron chi connectivity index (χ3n) is 3.63. The Morgan fingerprint density at radius 3 is 2.36 bits per heavy atom. The van der Waals surface area contributed by atoms with E-state index in [-0.39, 0.29) is 11.8 Å². The van der Waals surface area contributed by atoms with Gasteiger partial charge in [0.25, 0.3) is 5.91 Å². The molecule has 0 bridgehead atoms. The molecule has 0 aliphatic rings. The van der Waals surface area contributed by atoms with Gasteiger partial charge in [0.05, 0.1) is 22.2 Å². The van der Waals surface area contributed by atoms with Gasteiger partial charge in [-0.1, -0.05) is 12.1 Å². The number of hydrogen-bond acceptors (Lipinski definition) is 5. The van der Waals surface area contributed by atoms with Crippen molar-refractivity contribution in [3.05, 3.63) is 65.5 Å². The number of ether oxygens (including phenoxy) is 2. The Labute approximate surface area is 167 Å². The zero-order valence-corrected chi connectivity index (χ0v) is 16.3. The summed E-state index contributed by atoms with van der Waals surface area (Å²) >= 11 is 1.21. The van der Waals surface area contributed by atoms with Crippen LogP contribution in [-0.2, 0) is 4.79 Å². The lowest BCUT2D eigenvalue weighted by atomic mass is 10.2. The van der Waals surface area contributed by atoms with Crippen LogP contribution in [0, 0.1) is 0 Å². The topological polar surface area (TPSA) is 76.7 Å². The number of nitrogens with one attached hydrogen (secondary N) is 2. The second-order valence-corrected chi connectivity index (χ2v) is 6.89. The Morgan fingerprint density at radius 1 is 0.929 bits per heavy atom. The van der Waals surface area contributed by atoms with Gasteiger partial charge in [0.2, 0.25) is 5.91 Å². The Bertz CT molecular complexity index is 967. The lowest BCUT2D eigenvalue weighted by molar-refractivity contribution is -0.114. The molecular formula is C21H20N2O4S. The Kier molecular flexibility index (Phi) is 6.29. The van der Waals surface area contributed by atoms with E-state index in [0.29, 0.717) is 33.7 Å². The van der Waals surface area contributed by atoms with Crippen LogP contribution in [-0.4, -0.2) is 18.4 Å². The normalized spacial score (nSPS) is 10.2. The van der Waals surface area contributed by atoms with Crippen molar-refractivity contribution < 1.29 is 19.1 Å². The molecule has 0 atom stereocenters. The third-order valence-corrected chi connectivity index (χ3v) is 4.63. The van der Waals surface area contributed by atoms with E-state index < -0.39 is 0 Å². The number of carbonyl (C=O) groups excluding carboxylic acids is 2. The van der Waals surface area contributed by atoms with Crippen molar-refractivity contribution in [3.8, 4) is 17.2 Å². The molecule has 0 saturated carbocycles. The van der Waals surface area contributed by atoms with Crippen LogP contribution in [0.15, 0.2) is 60.7 Å². The molecule has 0 radical (unpaired) electrons. The van der Waals surface area contributed by atoms with Crippen molar-refractivity contribution in [3.63, 3.8) is 0 Å². The van der Waals surface area contributed by atoms with Crippen molar-refractivity contribution in [1.82, 2.24) is 0 Å². The van der Waals surface area contributed by atoms with Crippen LogP contribution in [0.1, 0.15) is 23.5 Å². The molecule has 1 heterocycles. The third kappa shape index (κ3) is 5.11. The first-order valence-electron chi connectivity index (χ1n) is 8.73. The fourth-order valence-electron chi connectivity index (χ4n) is 2.44. The van der Waals surface area contributed by atoms with E-state index in [1.807, 2.05) is 43.3 Å². The van der Waals surface area contributed by atoms with Crippen LogP contribution in [0.2, 0.25) is 0 Å². The Balaban J connectivity index is 1.72. The predicted molar refractivity (Wildman–Crippen MR) is 111 cm³/mol. The van der Waals surface area contributed by atoms with Gasteiger partial charge < -0.3 is 20.1 Å². The molecule has 2 aromatic carbocycles. The van der Waals surface area contributed by atoms with E-state index in [4.69, 9.17) is 9.47 Å². The minimum Gasteiger partial charge on any atom is -0.494 e. The number of benzene rings is 2. The van der Waals surface area contributed by atoms with E-state index in [1.165, 1.54) is 18.3 Å². The van der Waals surface area contributed by atoms with Gasteiger partial charge >= 0.3 is 0 Å². The molecule has 3 aromatic rings. The van der Waals surface area contributed by atoms with Crippen molar-refractivity contribution in [2.24, 2.45) is 0 Å². The van der Waals surface area contributed by atoms with Crippen LogP contribution in [0.3, 0.4) is 0 Å². The van der Waals surface area contributed by atoms with Crippen LogP contribution in [0.5, 0.6) is 17.2 Å². The van der Waals surface area contributed by atoms with E-state index in [9.17, 15) is 9.59 Å². The molecule has 7 heteroatoms. The first kappa shape index (κ1) is 19.4. The van der Waals surface area contributed by atoms with Crippen LogP contribution < -0.4 is 20.1 Å². The van der Waals surface area contributed by atoms with Gasteiger partial charge in [0.1, 0.15) is 11.5 Å². The molecule has 1 aromatic heterocycles. The number of amides is 2. The summed E-state index contributed by atoms with van der Waals surface area (Å²) in [4.78, 5) is 24.2. The molecule has 0 saturated heterocycles. The molecule has 2 amide bonds. The average molecular weight is 396 g/mol. The van der Waals surface area contributed by atoms with Gasteiger partial charge in [0, 0.05) is 6.92 Å². The van der Waals surface area contributed by atoms with Gasteiger partial charge in [-0.2, -0.15) is 0 Å². The summed E-state index contributed by atoms with van der Waals surface area (Å²) in [6.07, 6.45) is 0. The molecule has 2 N–H and O–H groups in total. The summed E-state index contributed by atoms with van der Waals surface area (Å²) in [6, 6.07) is 17.8. The molecule has 0 fully saturated rings. The SMILES string of the molecule is CCOc1ccc(Oc2ccccc2NC(=O)c2ccc(NC(C)=O)s2)cc1. The van der Waals surface area contributed by atoms with Crippen LogP contribution >= 0.6 is 11.3 Å². The minimum absolute atomic E-state index is 0.178. The predicted octanol–water partition coefficient (Wildman–Crippen LogP) is 5.15. The maximum Gasteiger partial charge on any atom is 0.265 e. The monoisotopic (exact) mass is 396 g/mol. The summed E-state index contributed by atoms with van der Waals surface area (Å²) in [6.45, 7) is 3.95. The molecule has 0 aliphatic heterocycles. The van der Waals surface area contributed by atoms with Gasteiger partial charge in [-0.15, -0.1) is 11.3 Å². The van der Waals surface area contributed by atoms with E-state index in [1.54, 1.807) is 24.3 Å². The highest BCUT2D eigenvalue weighted by atomic mass is 32.1. The summed E-state index contributed by atoms with van der Waals surface area (Å²) in [5, 5.41) is 6.14. The van der Waals surface area contributed by atoms with Crippen molar-refractivity contribution >= 4 is 33.8 Å². The average Bonchev–Trinajstić information content (AvgIpc) is 3.13. The van der Waals surface area contributed by atoms with Gasteiger partial charge in [-0.25, -0.2) is 0 Å². The number of carbonyl (C=O) groups is 2. The number of anilines is 2. The fraction of sp³-hybridized carbons (Fsp3) is 0.143. The molecule has 0 unspecified atom stereocenters. The number of hydrogen-bond donors (Lipinski definition) is 2. The maximum atomic E-state index is 12.5. The lowest BCUT2D eigenvalue weighted by Crippen LogP contribution is -2.10. The quantitative estimate of drug-likeness (QED) is 0.579. The zero-order valence-electron chi connectivity index (χ0n) is 15.5. The highest BCUT2D eigenvalue weighted by Crippen LogP contribution is 2.31. The Morgan fingerprint density at radius 2 is 1.64 bits per heavy atom. The molecular weight excluding hydrogens is 376 g/mol. The molecule has 0 aliphatic carbocycles. The summed E-state index contributed by atoms with van der Waals surface area (Å²) in [5.74, 6) is 1.48. The molecule has 3 rings (SSSR count). The number of rotatable bonds is 7. The molecule has 6 nitrogen and oxygen atoms in total. The Hall–Kier alpha value is -3.32. The van der Waals surface area contributed by atoms with E-state index in [2.05, 4.69) is 10.6 Å². The highest BCUT2D eigenvalue weighted by Gasteiger charge is 2.13. The smallest absolute Gasteiger partial charge is 0.265 e. The standard InChI is InChI=1S/C21H20N2O4S/c1-3-26-15-8-10-16(11-9-15)27-18-7-5-4-6-17(18)23-21(25)19-12-13-20(28-19)22-14(2)24/h4-13H,3H2,1-2H3,(H,22,24)(H,23,25). The van der Waals surface area contributed by atoms with Gasteiger partial charge in [-0.3, -0.25) is 9.59 Å². The van der Waals surface area contributed by atoms with Crippen molar-refractivity contribution in [2.75, 3.05) is 17.2 Å². The molecule has 144 valence electrons. The largest absolute Gasteiger partial charge is 0.494 e. The minimum atomic E-state index is -0.274. The highest BCUT2D eigenvalue weighted by molar-refractivity contribution is 7.18. The second-order valence-electron chi connectivity index (χ2n) is 5.80. The van der Waals surface area contributed by atoms with Crippen molar-refractivity contribution in [2.45, 2.75) is 13.8 Å². The van der Waals surface area contributed by atoms with E-state index in [0.717, 1.165) is 5.75 Å². The molecule has 0 spiro atoms. The van der Waals surface area contributed by atoms with E-state index >= 15 is 0 Å². The summed E-state index contributed by atoms with van der Waals surface area (Å²) < 4.78 is 11.3. The molecule has 28 heavy (non-hydrogen) atoms. The first-order valence-corrected chi connectivity index (χ1v) is 9.55. The van der Waals surface area contributed by atoms with Crippen LogP contribution in [0.4, 0.5) is 10.7 Å². The number of thiophene rings is 1. The van der Waals surface area contributed by atoms with Crippen molar-refractivity contribution in [1.29, 1.82) is 0 Å². The lowest BCUT2D eigenvalue weighted by Gasteiger charge is -2.12. The number of para-hydroxylation sites is 2. The zero-order chi connectivity index (χ0) is 19.9. The maximum absolute atomic E-state index is 12.5. The van der Waals surface area contributed by atoms with Gasteiger partial charge in [0.15, 0.2) is 5.75 Å². The second kappa shape index (κ2) is 9.05. The van der Waals surface area contributed by atoms with Crippen LogP contribution in [0.25, 0.3) is 0 Å². The summed E-state index contributed by atoms with van der Waals surface area (Å²) in [7, 11) is 0. The summed E-state index contributed by atoms with van der Waals surface area (Å²) in [5.41, 5.74) is 0.552.